The number of anilines is 1. The zero-order valence-electron chi connectivity index (χ0n) is 15.8. The highest BCUT2D eigenvalue weighted by Crippen LogP contribution is 2.30. The smallest absolute Gasteiger partial charge is 0.234 e. The van der Waals surface area contributed by atoms with Crippen LogP contribution in [0.1, 0.15) is 37.9 Å². The average molecular weight is 391 g/mol. The molecule has 1 aliphatic carbocycles. The predicted octanol–water partition coefficient (Wildman–Crippen LogP) is 3.68. The first-order valence-corrected chi connectivity index (χ1v) is 10.2. The molecule has 1 heterocycles. The van der Waals surface area contributed by atoms with Crippen LogP contribution in [0.2, 0.25) is 0 Å². The van der Waals surface area contributed by atoms with Crippen LogP contribution in [0.5, 0.6) is 11.5 Å². The van der Waals surface area contributed by atoms with Gasteiger partial charge in [-0.25, -0.2) is 4.98 Å². The second-order valence-corrected chi connectivity index (χ2v) is 7.60. The number of benzene rings is 1. The van der Waals surface area contributed by atoms with Gasteiger partial charge in [-0.2, -0.15) is 0 Å². The molecule has 1 fully saturated rings. The number of aromatic amines is 1. The van der Waals surface area contributed by atoms with Crippen LogP contribution in [0.25, 0.3) is 0 Å². The fourth-order valence-corrected chi connectivity index (χ4v) is 3.93. The zero-order chi connectivity index (χ0) is 19.1. The van der Waals surface area contributed by atoms with Crippen LogP contribution in [0.4, 0.5) is 5.69 Å². The number of amides is 1. The molecule has 0 atom stereocenters. The molecule has 1 aromatic heterocycles. The highest BCUT2D eigenvalue weighted by Gasteiger charge is 2.16. The summed E-state index contributed by atoms with van der Waals surface area (Å²) in [5.41, 5.74) is 0.608. The Morgan fingerprint density at radius 1 is 1.30 bits per heavy atom. The summed E-state index contributed by atoms with van der Waals surface area (Å²) in [6.45, 7) is 0. The maximum absolute atomic E-state index is 12.2. The van der Waals surface area contributed by atoms with Crippen molar-refractivity contribution >= 4 is 23.4 Å². The first kappa shape index (κ1) is 19.5. The Hall–Kier alpha value is -2.22. The van der Waals surface area contributed by atoms with E-state index < -0.39 is 0 Å². The van der Waals surface area contributed by atoms with Crippen molar-refractivity contribution in [2.45, 2.75) is 43.7 Å². The summed E-state index contributed by atoms with van der Waals surface area (Å²) in [6.07, 6.45) is 7.48. The maximum atomic E-state index is 12.2. The van der Waals surface area contributed by atoms with Crippen LogP contribution in [0.15, 0.2) is 23.4 Å². The van der Waals surface area contributed by atoms with Crippen molar-refractivity contribution in [1.82, 2.24) is 15.2 Å². The van der Waals surface area contributed by atoms with Crippen molar-refractivity contribution in [2.24, 2.45) is 5.92 Å². The molecule has 0 aliphatic heterocycles. The largest absolute Gasteiger partial charge is 0.497 e. The number of carbonyl (C=O) groups excluding carboxylic acids is 1. The van der Waals surface area contributed by atoms with Crippen LogP contribution in [-0.2, 0) is 11.2 Å². The highest BCUT2D eigenvalue weighted by molar-refractivity contribution is 7.99. The van der Waals surface area contributed by atoms with Gasteiger partial charge in [0.2, 0.25) is 11.1 Å². The molecule has 146 valence electrons. The van der Waals surface area contributed by atoms with Gasteiger partial charge in [0.15, 0.2) is 0 Å². The van der Waals surface area contributed by atoms with E-state index in [9.17, 15) is 4.79 Å². The molecule has 1 aromatic carbocycles. The topological polar surface area (TPSA) is 89.1 Å². The number of nitrogens with one attached hydrogen (secondary N) is 2. The molecule has 2 aromatic rings. The lowest BCUT2D eigenvalue weighted by Crippen LogP contribution is -2.14. The van der Waals surface area contributed by atoms with E-state index in [0.717, 1.165) is 24.6 Å². The third-order valence-corrected chi connectivity index (χ3v) is 5.64. The van der Waals surface area contributed by atoms with Crippen LogP contribution >= 0.6 is 11.8 Å². The van der Waals surface area contributed by atoms with Gasteiger partial charge in [0.1, 0.15) is 17.3 Å². The predicted molar refractivity (Wildman–Crippen MR) is 106 cm³/mol. The van der Waals surface area contributed by atoms with E-state index in [0.29, 0.717) is 22.3 Å². The van der Waals surface area contributed by atoms with Crippen LogP contribution in [-0.4, -0.2) is 41.1 Å². The fraction of sp³-hybridized carbons (Fsp3) is 0.526. The summed E-state index contributed by atoms with van der Waals surface area (Å²) < 4.78 is 10.5. The van der Waals surface area contributed by atoms with Crippen molar-refractivity contribution in [2.75, 3.05) is 25.3 Å². The lowest BCUT2D eigenvalue weighted by molar-refractivity contribution is -0.113. The molecule has 1 aliphatic rings. The second-order valence-electron chi connectivity index (χ2n) is 6.66. The monoisotopic (exact) mass is 390 g/mol. The number of nitrogens with zero attached hydrogens (tertiary/aromatic N) is 2. The molecule has 1 amide bonds. The van der Waals surface area contributed by atoms with Crippen molar-refractivity contribution < 1.29 is 14.3 Å². The van der Waals surface area contributed by atoms with Gasteiger partial charge in [-0.15, -0.1) is 5.10 Å². The molecule has 0 bridgehead atoms. The number of aromatic nitrogens is 3. The first-order chi connectivity index (χ1) is 13.2. The number of carbonyl (C=O) groups is 1. The van der Waals surface area contributed by atoms with Crippen LogP contribution in [0, 0.1) is 5.92 Å². The fourth-order valence-electron chi connectivity index (χ4n) is 3.31. The van der Waals surface area contributed by atoms with Gasteiger partial charge < -0.3 is 14.8 Å². The molecule has 8 heteroatoms. The summed E-state index contributed by atoms with van der Waals surface area (Å²) in [5, 5.41) is 10.6. The van der Waals surface area contributed by atoms with Crippen LogP contribution < -0.4 is 14.8 Å². The van der Waals surface area contributed by atoms with E-state index in [2.05, 4.69) is 20.5 Å². The van der Waals surface area contributed by atoms with Crippen molar-refractivity contribution in [3.8, 4) is 11.5 Å². The van der Waals surface area contributed by atoms with E-state index in [-0.39, 0.29) is 11.7 Å². The van der Waals surface area contributed by atoms with Gasteiger partial charge in [-0.3, -0.25) is 9.89 Å². The normalized spacial score (nSPS) is 14.3. The Balaban J connectivity index is 1.46. The van der Waals surface area contributed by atoms with Gasteiger partial charge >= 0.3 is 0 Å². The highest BCUT2D eigenvalue weighted by atomic mass is 32.2. The summed E-state index contributed by atoms with van der Waals surface area (Å²) in [5.74, 6) is 3.05. The number of rotatable bonds is 9. The second kappa shape index (κ2) is 9.64. The molecule has 0 radical (unpaired) electrons. The standard InChI is InChI=1S/C19H26N4O3S/c1-25-14-8-9-15(16(11-14)26-2)20-18(24)12-27-19-21-17(22-23-19)10-7-13-5-3-4-6-13/h8-9,11,13H,3-7,10,12H2,1-2H3,(H,20,24)(H,21,22,23). The average Bonchev–Trinajstić information content (AvgIpc) is 3.36. The lowest BCUT2D eigenvalue weighted by Gasteiger charge is -2.11. The molecule has 3 rings (SSSR count). The quantitative estimate of drug-likeness (QED) is 0.635. The Labute approximate surface area is 163 Å². The van der Waals surface area contributed by atoms with Crippen molar-refractivity contribution in [3.63, 3.8) is 0 Å². The molecule has 0 saturated heterocycles. The first-order valence-electron chi connectivity index (χ1n) is 9.24. The van der Waals surface area contributed by atoms with Crippen LogP contribution in [0.3, 0.4) is 0 Å². The van der Waals surface area contributed by atoms with E-state index in [4.69, 9.17) is 9.47 Å². The van der Waals surface area contributed by atoms with Gasteiger partial charge in [-0.05, 0) is 24.5 Å². The minimum absolute atomic E-state index is 0.138. The number of hydrogen-bond donors (Lipinski definition) is 2. The Bertz CT molecular complexity index is 759. The summed E-state index contributed by atoms with van der Waals surface area (Å²) in [6, 6.07) is 5.26. The molecule has 27 heavy (non-hydrogen) atoms. The number of H-pyrrole nitrogens is 1. The van der Waals surface area contributed by atoms with Gasteiger partial charge in [0.05, 0.1) is 25.7 Å². The van der Waals surface area contributed by atoms with Gasteiger partial charge in [0.25, 0.3) is 0 Å². The zero-order valence-corrected chi connectivity index (χ0v) is 16.6. The Morgan fingerprint density at radius 2 is 2.11 bits per heavy atom. The number of aryl methyl sites for hydroxylation is 1. The Kier molecular flexibility index (Phi) is 6.98. The van der Waals surface area contributed by atoms with E-state index in [1.165, 1.54) is 37.4 Å². The minimum Gasteiger partial charge on any atom is -0.497 e. The number of hydrogen-bond acceptors (Lipinski definition) is 6. The van der Waals surface area contributed by atoms with E-state index in [1.807, 2.05) is 0 Å². The third kappa shape index (κ3) is 5.63. The third-order valence-electron chi connectivity index (χ3n) is 4.79. The molecule has 1 saturated carbocycles. The minimum atomic E-state index is -0.138. The molecule has 0 unspecified atom stereocenters. The number of thioether (sulfide) groups is 1. The molecule has 2 N–H and O–H groups in total. The number of methoxy groups -OCH3 is 2. The summed E-state index contributed by atoms with van der Waals surface area (Å²) in [4.78, 5) is 16.7. The molecule has 0 spiro atoms. The number of ether oxygens (including phenoxy) is 2. The maximum Gasteiger partial charge on any atom is 0.234 e. The SMILES string of the molecule is COc1ccc(NC(=O)CSc2n[nH]c(CCC3CCCC3)n2)c(OC)c1. The lowest BCUT2D eigenvalue weighted by atomic mass is 10.0. The molecular formula is C19H26N4O3S. The summed E-state index contributed by atoms with van der Waals surface area (Å²) >= 11 is 1.32. The van der Waals surface area contributed by atoms with Crippen molar-refractivity contribution in [3.05, 3.63) is 24.0 Å². The Morgan fingerprint density at radius 3 is 2.85 bits per heavy atom. The van der Waals surface area contributed by atoms with E-state index >= 15 is 0 Å². The summed E-state index contributed by atoms with van der Waals surface area (Å²) in [7, 11) is 3.14. The van der Waals surface area contributed by atoms with Gasteiger partial charge in [0, 0.05) is 12.5 Å². The molecule has 7 nitrogen and oxygen atoms in total. The molecular weight excluding hydrogens is 364 g/mol. The van der Waals surface area contributed by atoms with E-state index in [1.54, 1.807) is 32.4 Å². The van der Waals surface area contributed by atoms with Gasteiger partial charge in [-0.1, -0.05) is 37.4 Å². The van der Waals surface area contributed by atoms with Crippen molar-refractivity contribution in [1.29, 1.82) is 0 Å².